The zero-order chi connectivity index (χ0) is 14.9. The van der Waals surface area contributed by atoms with Crippen molar-refractivity contribution in [3.05, 3.63) is 23.5 Å². The lowest BCUT2D eigenvalue weighted by Crippen LogP contribution is -2.41. The Hall–Kier alpha value is -1.58. The van der Waals surface area contributed by atoms with Gasteiger partial charge in [-0.15, -0.1) is 0 Å². The third-order valence-corrected chi connectivity index (χ3v) is 4.31. The van der Waals surface area contributed by atoms with Crippen LogP contribution in [0.1, 0.15) is 49.7 Å². The van der Waals surface area contributed by atoms with Gasteiger partial charge in [0.15, 0.2) is 0 Å². The Balaban J connectivity index is 2.05. The summed E-state index contributed by atoms with van der Waals surface area (Å²) in [5.74, 6) is 0.697. The molecule has 1 aliphatic rings. The van der Waals surface area contributed by atoms with E-state index in [1.165, 1.54) is 0 Å². The molecule has 2 rings (SSSR count). The van der Waals surface area contributed by atoms with Gasteiger partial charge in [0.05, 0.1) is 5.56 Å². The van der Waals surface area contributed by atoms with Gasteiger partial charge >= 0.3 is 0 Å². The summed E-state index contributed by atoms with van der Waals surface area (Å²) in [4.78, 5) is 18.6. The molecule has 0 unspecified atom stereocenters. The van der Waals surface area contributed by atoms with Crippen LogP contribution < -0.4 is 5.73 Å². The molecule has 0 saturated carbocycles. The molecular weight excluding hydrogens is 250 g/mol. The van der Waals surface area contributed by atoms with Crippen LogP contribution in [0.3, 0.4) is 0 Å². The van der Waals surface area contributed by atoms with Crippen molar-refractivity contribution in [3.63, 3.8) is 0 Å². The number of anilines is 1. The van der Waals surface area contributed by atoms with Crippen LogP contribution in [0, 0.1) is 18.3 Å². The smallest absolute Gasteiger partial charge is 0.257 e. The van der Waals surface area contributed by atoms with Crippen molar-refractivity contribution in [2.45, 2.75) is 40.5 Å². The Bertz CT molecular complexity index is 497. The second-order valence-corrected chi connectivity index (χ2v) is 6.85. The van der Waals surface area contributed by atoms with Crippen LogP contribution in [-0.2, 0) is 0 Å². The van der Waals surface area contributed by atoms with E-state index >= 15 is 0 Å². The number of carbonyl (C=O) groups is 1. The van der Waals surface area contributed by atoms with Crippen molar-refractivity contribution in [1.82, 2.24) is 9.88 Å². The van der Waals surface area contributed by atoms with Crippen LogP contribution in [0.15, 0.2) is 12.3 Å². The van der Waals surface area contributed by atoms with Crippen molar-refractivity contribution in [3.8, 4) is 0 Å². The molecule has 1 amide bonds. The Labute approximate surface area is 121 Å². The van der Waals surface area contributed by atoms with Crippen molar-refractivity contribution >= 4 is 11.6 Å². The Kier molecular flexibility index (Phi) is 4.02. The Morgan fingerprint density at radius 3 is 2.45 bits per heavy atom. The van der Waals surface area contributed by atoms with Gasteiger partial charge in [-0.25, -0.2) is 0 Å². The molecule has 1 aliphatic heterocycles. The van der Waals surface area contributed by atoms with Gasteiger partial charge in [0.2, 0.25) is 0 Å². The maximum Gasteiger partial charge on any atom is 0.257 e. The van der Waals surface area contributed by atoms with Gasteiger partial charge in [0.25, 0.3) is 5.91 Å². The average Bonchev–Trinajstić information content (AvgIpc) is 2.37. The second kappa shape index (κ2) is 5.43. The predicted molar refractivity (Wildman–Crippen MR) is 81.5 cm³/mol. The third-order valence-electron chi connectivity index (χ3n) is 4.31. The number of hydrogen-bond acceptors (Lipinski definition) is 3. The average molecular weight is 275 g/mol. The summed E-state index contributed by atoms with van der Waals surface area (Å²) in [5.41, 5.74) is 8.16. The van der Waals surface area contributed by atoms with E-state index in [1.54, 1.807) is 12.3 Å². The molecule has 4 heteroatoms. The number of aromatic nitrogens is 1. The molecule has 1 fully saturated rings. The summed E-state index contributed by atoms with van der Waals surface area (Å²) in [6, 6.07) is 1.76. The zero-order valence-electron chi connectivity index (χ0n) is 12.9. The third kappa shape index (κ3) is 3.11. The van der Waals surface area contributed by atoms with Crippen LogP contribution in [0.2, 0.25) is 0 Å². The number of likely N-dealkylation sites (tertiary alicyclic amines) is 1. The minimum atomic E-state index is 0.0161. The van der Waals surface area contributed by atoms with Crippen LogP contribution in [-0.4, -0.2) is 28.9 Å². The molecule has 20 heavy (non-hydrogen) atoms. The number of amides is 1. The number of carbonyl (C=O) groups excluding carboxylic acids is 1. The minimum Gasteiger partial charge on any atom is -0.398 e. The molecule has 1 aromatic heterocycles. The fraction of sp³-hybridized carbons (Fsp3) is 0.625. The minimum absolute atomic E-state index is 0.0161. The zero-order valence-corrected chi connectivity index (χ0v) is 12.9. The van der Waals surface area contributed by atoms with E-state index in [1.807, 2.05) is 11.8 Å². The normalized spacial score (nSPS) is 17.3. The molecule has 2 N–H and O–H groups in total. The van der Waals surface area contributed by atoms with E-state index < -0.39 is 0 Å². The van der Waals surface area contributed by atoms with Crippen molar-refractivity contribution in [2.75, 3.05) is 18.8 Å². The number of piperidine rings is 1. The molecule has 0 bridgehead atoms. The molecule has 0 spiro atoms. The molecule has 110 valence electrons. The van der Waals surface area contributed by atoms with E-state index in [4.69, 9.17) is 5.73 Å². The number of nitrogen functional groups attached to an aromatic ring is 1. The van der Waals surface area contributed by atoms with Gasteiger partial charge in [0.1, 0.15) is 0 Å². The van der Waals surface area contributed by atoms with E-state index in [0.717, 1.165) is 31.6 Å². The monoisotopic (exact) mass is 275 g/mol. The van der Waals surface area contributed by atoms with E-state index in [2.05, 4.69) is 25.8 Å². The van der Waals surface area contributed by atoms with Gasteiger partial charge < -0.3 is 10.6 Å². The van der Waals surface area contributed by atoms with Gasteiger partial charge in [-0.3, -0.25) is 9.78 Å². The quantitative estimate of drug-likeness (QED) is 0.857. The van der Waals surface area contributed by atoms with Gasteiger partial charge in [-0.05, 0) is 37.2 Å². The van der Waals surface area contributed by atoms with Crippen LogP contribution >= 0.6 is 0 Å². The number of rotatable bonds is 1. The first-order valence-electron chi connectivity index (χ1n) is 7.30. The number of nitrogens with zero attached hydrogens (tertiary/aromatic N) is 2. The lowest BCUT2D eigenvalue weighted by Gasteiger charge is -2.38. The van der Waals surface area contributed by atoms with Crippen molar-refractivity contribution < 1.29 is 4.79 Å². The lowest BCUT2D eigenvalue weighted by atomic mass is 9.75. The summed E-state index contributed by atoms with van der Waals surface area (Å²) in [6.07, 6.45) is 3.73. The summed E-state index contributed by atoms with van der Waals surface area (Å²) in [7, 11) is 0. The maximum absolute atomic E-state index is 12.5. The molecule has 0 radical (unpaired) electrons. The number of hydrogen-bond donors (Lipinski definition) is 1. The van der Waals surface area contributed by atoms with Crippen molar-refractivity contribution in [2.24, 2.45) is 11.3 Å². The largest absolute Gasteiger partial charge is 0.398 e. The SMILES string of the molecule is Cc1cc(N)c(C(=O)N2CCC(C(C)(C)C)CC2)cn1. The highest BCUT2D eigenvalue weighted by Gasteiger charge is 2.31. The van der Waals surface area contributed by atoms with E-state index in [0.29, 0.717) is 22.6 Å². The topological polar surface area (TPSA) is 59.2 Å². The summed E-state index contributed by atoms with van der Waals surface area (Å²) in [5, 5.41) is 0. The number of pyridine rings is 1. The first-order chi connectivity index (χ1) is 9.29. The lowest BCUT2D eigenvalue weighted by molar-refractivity contribution is 0.0609. The fourth-order valence-corrected chi connectivity index (χ4v) is 2.88. The molecular formula is C16H25N3O. The number of nitrogens with two attached hydrogens (primary N) is 1. The standard InChI is InChI=1S/C16H25N3O/c1-11-9-14(17)13(10-18-11)15(20)19-7-5-12(6-8-19)16(2,3)4/h9-10,12H,5-8H2,1-4H3,(H2,17,18). The number of aryl methyl sites for hydroxylation is 1. The van der Waals surface area contributed by atoms with Gasteiger partial charge in [-0.2, -0.15) is 0 Å². The molecule has 4 nitrogen and oxygen atoms in total. The molecule has 0 aromatic carbocycles. The van der Waals surface area contributed by atoms with Crippen LogP contribution in [0.4, 0.5) is 5.69 Å². The highest BCUT2D eigenvalue weighted by Crippen LogP contribution is 2.34. The molecule has 2 heterocycles. The van der Waals surface area contributed by atoms with E-state index in [-0.39, 0.29) is 5.91 Å². The summed E-state index contributed by atoms with van der Waals surface area (Å²) >= 11 is 0. The highest BCUT2D eigenvalue weighted by atomic mass is 16.2. The van der Waals surface area contributed by atoms with Gasteiger partial charge in [-0.1, -0.05) is 20.8 Å². The first kappa shape index (κ1) is 14.8. The molecule has 0 aliphatic carbocycles. The van der Waals surface area contributed by atoms with Crippen molar-refractivity contribution in [1.29, 1.82) is 0 Å². The molecule has 0 atom stereocenters. The Morgan fingerprint density at radius 2 is 1.95 bits per heavy atom. The van der Waals surface area contributed by atoms with E-state index in [9.17, 15) is 4.79 Å². The maximum atomic E-state index is 12.5. The van der Waals surface area contributed by atoms with Crippen LogP contribution in [0.5, 0.6) is 0 Å². The Morgan fingerprint density at radius 1 is 1.35 bits per heavy atom. The first-order valence-corrected chi connectivity index (χ1v) is 7.30. The highest BCUT2D eigenvalue weighted by molar-refractivity contribution is 5.98. The summed E-state index contributed by atoms with van der Waals surface area (Å²) in [6.45, 7) is 10.3. The molecule has 1 saturated heterocycles. The van der Waals surface area contributed by atoms with Gasteiger partial charge in [0, 0.05) is 30.7 Å². The van der Waals surface area contributed by atoms with Crippen LogP contribution in [0.25, 0.3) is 0 Å². The fourth-order valence-electron chi connectivity index (χ4n) is 2.88. The second-order valence-electron chi connectivity index (χ2n) is 6.85. The summed E-state index contributed by atoms with van der Waals surface area (Å²) < 4.78 is 0. The molecule has 1 aromatic rings. The predicted octanol–water partition coefficient (Wildman–Crippen LogP) is 2.87.